The maximum atomic E-state index is 13.4. The fraction of sp³-hybridized carbons (Fsp3) is 0.227. The van der Waals surface area contributed by atoms with E-state index in [0.717, 1.165) is 40.3 Å². The van der Waals surface area contributed by atoms with Gasteiger partial charge in [-0.1, -0.05) is 47.6 Å². The Morgan fingerprint density at radius 3 is 1.52 bits per heavy atom. The number of imidazole rings is 2. The molecule has 14 heteroatoms. The lowest BCUT2D eigenvalue weighted by atomic mass is 9.96. The second kappa shape index (κ2) is 15.5. The third-order valence-corrected chi connectivity index (χ3v) is 9.17. The third kappa shape index (κ3) is 8.55. The summed E-state index contributed by atoms with van der Waals surface area (Å²) in [4.78, 5) is 20.3. The molecule has 0 aliphatic heterocycles. The fourth-order valence-corrected chi connectivity index (χ4v) is 6.30. The fourth-order valence-electron chi connectivity index (χ4n) is 6.30. The van der Waals surface area contributed by atoms with Crippen molar-refractivity contribution in [1.29, 1.82) is 0 Å². The van der Waals surface area contributed by atoms with Gasteiger partial charge in [0.2, 0.25) is 0 Å². The highest BCUT2D eigenvalue weighted by atomic mass is 19.1. The van der Waals surface area contributed by atoms with Crippen molar-refractivity contribution in [3.63, 3.8) is 0 Å². The Morgan fingerprint density at radius 1 is 0.655 bits per heavy atom. The lowest BCUT2D eigenvalue weighted by Crippen LogP contribution is -2.19. The lowest BCUT2D eigenvalue weighted by molar-refractivity contribution is -0.384. The molecule has 0 aliphatic rings. The van der Waals surface area contributed by atoms with Gasteiger partial charge in [0.25, 0.3) is 5.69 Å². The smallest absolute Gasteiger partial charge is 0.306 e. The predicted octanol–water partition coefficient (Wildman–Crippen LogP) is 11.2. The quantitative estimate of drug-likeness (QED) is 0.0736. The summed E-state index contributed by atoms with van der Waals surface area (Å²) in [7, 11) is 0. The summed E-state index contributed by atoms with van der Waals surface area (Å²) in [5.41, 5.74) is 14.3. The molecule has 0 bridgehead atoms. The molecule has 4 aromatic heterocycles. The third-order valence-electron chi connectivity index (χ3n) is 9.17. The number of nitrogens with one attached hydrogen (secondary N) is 2. The number of oxazole rings is 2. The van der Waals surface area contributed by atoms with Crippen LogP contribution in [0.1, 0.15) is 41.5 Å². The predicted molar refractivity (Wildman–Crippen MR) is 224 cm³/mol. The van der Waals surface area contributed by atoms with E-state index in [0.29, 0.717) is 46.6 Å². The van der Waals surface area contributed by atoms with Crippen LogP contribution in [0, 0.1) is 32.6 Å². The number of benzene rings is 4. The number of rotatable bonds is 9. The van der Waals surface area contributed by atoms with Gasteiger partial charge >= 0.3 is 11.7 Å². The second-order valence-corrected chi connectivity index (χ2v) is 16.4. The summed E-state index contributed by atoms with van der Waals surface area (Å²) in [6.45, 7) is 14.0. The van der Waals surface area contributed by atoms with Gasteiger partial charge in [-0.3, -0.25) is 18.9 Å². The molecule has 298 valence electrons. The van der Waals surface area contributed by atoms with Crippen LogP contribution in [-0.4, -0.2) is 36.8 Å². The number of hydrogen-bond acceptors (Lipinski definition) is 9. The zero-order valence-corrected chi connectivity index (χ0v) is 33.0. The van der Waals surface area contributed by atoms with Gasteiger partial charge in [-0.2, -0.15) is 9.97 Å². The average Bonchev–Trinajstić information content (AvgIpc) is 3.96. The highest BCUT2D eigenvalue weighted by molar-refractivity contribution is 5.85. The van der Waals surface area contributed by atoms with E-state index in [2.05, 4.69) is 41.4 Å². The maximum absolute atomic E-state index is 13.4. The first-order chi connectivity index (χ1) is 27.5. The molecule has 0 unspecified atom stereocenters. The minimum Gasteiger partial charge on any atom is -0.432 e. The molecular formula is C44H44F2N8O4. The van der Waals surface area contributed by atoms with Gasteiger partial charge in [0, 0.05) is 53.8 Å². The summed E-state index contributed by atoms with van der Waals surface area (Å²) in [6.07, 6.45) is 6.67. The number of nitrogen functional groups attached to an aromatic ring is 1. The topological polar surface area (TPSA) is 154 Å². The number of aromatic nitrogens is 4. The molecule has 0 amide bonds. The molecule has 0 saturated heterocycles. The van der Waals surface area contributed by atoms with Crippen molar-refractivity contribution < 1.29 is 22.5 Å². The van der Waals surface area contributed by atoms with Crippen LogP contribution < -0.4 is 16.4 Å². The van der Waals surface area contributed by atoms with Gasteiger partial charge in [-0.15, -0.1) is 0 Å². The van der Waals surface area contributed by atoms with Crippen LogP contribution in [-0.2, 0) is 0 Å². The van der Waals surface area contributed by atoms with E-state index in [4.69, 9.17) is 14.6 Å². The molecule has 4 aromatic carbocycles. The van der Waals surface area contributed by atoms with Crippen molar-refractivity contribution in [2.75, 3.05) is 29.5 Å². The molecule has 8 aromatic rings. The molecule has 4 heterocycles. The summed E-state index contributed by atoms with van der Waals surface area (Å²) in [6, 6.07) is 23.1. The SMILES string of the molecule is CC(C)(C)CNc1cc(-c2c(-c3ccc(F)cc3)nc3occn23)ccc1N.CC(C)(C)CNc1cc(-c2c(-c3ccc(F)cc3)nc3occn23)ccc1[N+](=O)[O-]. The van der Waals surface area contributed by atoms with Crippen molar-refractivity contribution in [3.05, 3.63) is 132 Å². The summed E-state index contributed by atoms with van der Waals surface area (Å²) < 4.78 is 41.4. The van der Waals surface area contributed by atoms with Crippen LogP contribution in [0.15, 0.2) is 119 Å². The van der Waals surface area contributed by atoms with E-state index in [9.17, 15) is 18.9 Å². The molecule has 0 aliphatic carbocycles. The number of nitro benzene ring substituents is 1. The Kier molecular flexibility index (Phi) is 10.5. The van der Waals surface area contributed by atoms with Crippen LogP contribution in [0.25, 0.3) is 56.7 Å². The van der Waals surface area contributed by atoms with E-state index < -0.39 is 4.92 Å². The minimum atomic E-state index is -0.403. The maximum Gasteiger partial charge on any atom is 0.306 e. The van der Waals surface area contributed by atoms with Crippen molar-refractivity contribution in [2.24, 2.45) is 10.8 Å². The van der Waals surface area contributed by atoms with E-state index in [1.807, 2.05) is 49.6 Å². The van der Waals surface area contributed by atoms with Gasteiger partial charge in [0.1, 0.15) is 41.2 Å². The minimum absolute atomic E-state index is 0.000662. The lowest BCUT2D eigenvalue weighted by Gasteiger charge is -2.21. The van der Waals surface area contributed by atoms with Gasteiger partial charge in [0.15, 0.2) is 0 Å². The zero-order chi connectivity index (χ0) is 41.4. The highest BCUT2D eigenvalue weighted by Crippen LogP contribution is 2.38. The monoisotopic (exact) mass is 786 g/mol. The highest BCUT2D eigenvalue weighted by Gasteiger charge is 2.23. The number of anilines is 3. The van der Waals surface area contributed by atoms with Gasteiger partial charge in [0.05, 0.1) is 27.7 Å². The van der Waals surface area contributed by atoms with Crippen LogP contribution in [0.5, 0.6) is 0 Å². The first-order valence-corrected chi connectivity index (χ1v) is 18.6. The number of halogens is 2. The Morgan fingerprint density at radius 2 is 1.07 bits per heavy atom. The first kappa shape index (κ1) is 39.3. The van der Waals surface area contributed by atoms with Crippen molar-refractivity contribution >= 4 is 34.4 Å². The standard InChI is InChI=1S/C22H21FN4O3.C22H23FN4O/c1-22(2,3)13-24-17-12-15(6-9-18(17)27(28)29)20-19(14-4-7-16(23)8-5-14)25-21-26(20)10-11-30-21;1-22(2,3)13-25-18-12-15(6-9-17(18)24)20-19(14-4-7-16(23)8-5-14)26-21-27(20)10-11-28-21/h4-12,24H,13H2,1-3H3;4-12,25H,13,24H2,1-3H3. The number of fused-ring (bicyclic) bond motifs is 2. The molecule has 12 nitrogen and oxygen atoms in total. The number of hydrogen-bond donors (Lipinski definition) is 3. The summed E-state index contributed by atoms with van der Waals surface area (Å²) in [5, 5.41) is 18.2. The Bertz CT molecular complexity index is 2720. The van der Waals surface area contributed by atoms with Gasteiger partial charge < -0.3 is 25.2 Å². The van der Waals surface area contributed by atoms with Crippen LogP contribution >= 0.6 is 0 Å². The van der Waals surface area contributed by atoms with E-state index in [1.54, 1.807) is 53.3 Å². The molecule has 58 heavy (non-hydrogen) atoms. The largest absolute Gasteiger partial charge is 0.432 e. The molecule has 0 saturated carbocycles. The van der Waals surface area contributed by atoms with E-state index >= 15 is 0 Å². The van der Waals surface area contributed by atoms with Gasteiger partial charge in [-0.25, -0.2) is 8.78 Å². The number of nitrogens with zero attached hydrogens (tertiary/aromatic N) is 5. The van der Waals surface area contributed by atoms with Crippen molar-refractivity contribution in [2.45, 2.75) is 41.5 Å². The van der Waals surface area contributed by atoms with E-state index in [1.165, 1.54) is 36.6 Å². The molecule has 0 fully saturated rings. The van der Waals surface area contributed by atoms with E-state index in [-0.39, 0.29) is 28.2 Å². The zero-order valence-electron chi connectivity index (χ0n) is 33.0. The summed E-state index contributed by atoms with van der Waals surface area (Å²) in [5.74, 6) is 0.240. The Balaban J connectivity index is 0.000000177. The van der Waals surface area contributed by atoms with Crippen LogP contribution in [0.2, 0.25) is 0 Å². The normalized spacial score (nSPS) is 11.8. The summed E-state index contributed by atoms with van der Waals surface area (Å²) >= 11 is 0. The molecule has 0 atom stereocenters. The average molecular weight is 787 g/mol. The molecule has 0 spiro atoms. The Labute approximate surface area is 333 Å². The molecule has 8 rings (SSSR count). The van der Waals surface area contributed by atoms with Gasteiger partial charge in [-0.05, 0) is 83.6 Å². The number of nitro groups is 1. The van der Waals surface area contributed by atoms with Crippen LogP contribution in [0.4, 0.5) is 31.5 Å². The van der Waals surface area contributed by atoms with Crippen molar-refractivity contribution in [1.82, 2.24) is 18.8 Å². The molecule has 4 N–H and O–H groups in total. The Hall–Kier alpha value is -6.96. The second-order valence-electron chi connectivity index (χ2n) is 16.4. The number of nitrogens with two attached hydrogens (primary N) is 1. The van der Waals surface area contributed by atoms with Crippen molar-refractivity contribution in [3.8, 4) is 45.0 Å². The van der Waals surface area contributed by atoms with Crippen LogP contribution in [0.3, 0.4) is 0 Å². The molecule has 0 radical (unpaired) electrons. The first-order valence-electron chi connectivity index (χ1n) is 18.6. The molecular weight excluding hydrogens is 743 g/mol.